The third-order valence-electron chi connectivity index (χ3n) is 2.26. The van der Waals surface area contributed by atoms with Crippen molar-refractivity contribution in [2.24, 2.45) is 5.92 Å². The fourth-order valence-corrected chi connectivity index (χ4v) is 2.34. The Kier molecular flexibility index (Phi) is 4.12. The second-order valence-electron chi connectivity index (χ2n) is 4.32. The Morgan fingerprint density at radius 2 is 1.79 bits per heavy atom. The molecule has 0 aromatic rings. The summed E-state index contributed by atoms with van der Waals surface area (Å²) >= 11 is 0. The van der Waals surface area contributed by atoms with Crippen molar-refractivity contribution >= 4 is 15.8 Å². The zero-order valence-corrected chi connectivity index (χ0v) is 9.89. The summed E-state index contributed by atoms with van der Waals surface area (Å²) in [6, 6.07) is 0. The molecule has 0 saturated carbocycles. The molecule has 0 saturated heterocycles. The minimum absolute atomic E-state index is 0.0655. The van der Waals surface area contributed by atoms with E-state index in [0.29, 0.717) is 6.42 Å². The Morgan fingerprint density at radius 3 is 2.07 bits per heavy atom. The molecule has 0 radical (unpaired) electrons. The number of carbonyl (C=O) groups is 1. The van der Waals surface area contributed by atoms with Crippen LogP contribution in [0.15, 0.2) is 0 Å². The molecular formula is C9H18O4S. The van der Waals surface area contributed by atoms with Crippen LogP contribution in [0.5, 0.6) is 0 Å². The molecular weight excluding hydrogens is 204 g/mol. The molecule has 5 heteroatoms. The highest BCUT2D eigenvalue weighted by molar-refractivity contribution is 7.93. The van der Waals surface area contributed by atoms with Gasteiger partial charge in [-0.25, -0.2) is 8.42 Å². The van der Waals surface area contributed by atoms with Gasteiger partial charge in [0.1, 0.15) is 0 Å². The molecule has 0 aliphatic carbocycles. The summed E-state index contributed by atoms with van der Waals surface area (Å²) in [6.45, 7) is 6.27. The van der Waals surface area contributed by atoms with Gasteiger partial charge in [0.05, 0.1) is 5.75 Å². The molecule has 1 N–H and O–H groups in total. The minimum Gasteiger partial charge on any atom is -0.480 e. The van der Waals surface area contributed by atoms with Crippen molar-refractivity contribution < 1.29 is 18.3 Å². The third-order valence-corrected chi connectivity index (χ3v) is 4.76. The van der Waals surface area contributed by atoms with Crippen molar-refractivity contribution in [1.82, 2.24) is 0 Å². The molecule has 84 valence electrons. The van der Waals surface area contributed by atoms with Crippen LogP contribution in [-0.2, 0) is 14.6 Å². The zero-order valence-electron chi connectivity index (χ0n) is 9.07. The molecule has 14 heavy (non-hydrogen) atoms. The van der Waals surface area contributed by atoms with Crippen LogP contribution in [0.3, 0.4) is 0 Å². The molecule has 0 atom stereocenters. The minimum atomic E-state index is -3.55. The molecule has 0 aromatic heterocycles. The molecule has 0 aliphatic rings. The average molecular weight is 222 g/mol. The van der Waals surface area contributed by atoms with E-state index in [0.717, 1.165) is 0 Å². The van der Waals surface area contributed by atoms with Gasteiger partial charge >= 0.3 is 5.97 Å². The standard InChI is InChI=1S/C9H18O4S/c1-7(2)5-6-14(12,13)9(3,4)8(10)11/h7H,5-6H2,1-4H3,(H,10,11). The first kappa shape index (κ1) is 13.4. The van der Waals surface area contributed by atoms with Gasteiger partial charge in [0.2, 0.25) is 0 Å². The maximum absolute atomic E-state index is 11.6. The van der Waals surface area contributed by atoms with Crippen molar-refractivity contribution in [1.29, 1.82) is 0 Å². The van der Waals surface area contributed by atoms with E-state index in [2.05, 4.69) is 0 Å². The summed E-state index contributed by atoms with van der Waals surface area (Å²) in [5.74, 6) is -1.10. The Hall–Kier alpha value is -0.580. The number of carboxylic acids is 1. The largest absolute Gasteiger partial charge is 0.480 e. The second kappa shape index (κ2) is 4.29. The van der Waals surface area contributed by atoms with Crippen LogP contribution in [0.4, 0.5) is 0 Å². The molecule has 0 heterocycles. The molecule has 0 spiro atoms. The first-order valence-corrected chi connectivity index (χ1v) is 6.22. The van der Waals surface area contributed by atoms with Crippen LogP contribution in [0.1, 0.15) is 34.1 Å². The predicted molar refractivity (Wildman–Crippen MR) is 55.0 cm³/mol. The number of sulfone groups is 1. The van der Waals surface area contributed by atoms with Crippen LogP contribution in [0, 0.1) is 5.92 Å². The van der Waals surface area contributed by atoms with Crippen molar-refractivity contribution in [2.45, 2.75) is 38.9 Å². The van der Waals surface area contributed by atoms with Gasteiger partial charge < -0.3 is 5.11 Å². The summed E-state index contributed by atoms with van der Waals surface area (Å²) in [4.78, 5) is 10.7. The van der Waals surface area contributed by atoms with Gasteiger partial charge in [0.25, 0.3) is 0 Å². The Bertz CT molecular complexity index is 301. The highest BCUT2D eigenvalue weighted by atomic mass is 32.2. The smallest absolute Gasteiger partial charge is 0.324 e. The van der Waals surface area contributed by atoms with Gasteiger partial charge in [-0.05, 0) is 26.2 Å². The lowest BCUT2D eigenvalue weighted by molar-refractivity contribution is -0.139. The highest BCUT2D eigenvalue weighted by Gasteiger charge is 2.41. The van der Waals surface area contributed by atoms with Crippen molar-refractivity contribution in [3.8, 4) is 0 Å². The normalized spacial score (nSPS) is 13.2. The van der Waals surface area contributed by atoms with Gasteiger partial charge in [0.15, 0.2) is 14.6 Å². The number of hydrogen-bond donors (Lipinski definition) is 1. The lowest BCUT2D eigenvalue weighted by Crippen LogP contribution is -2.42. The van der Waals surface area contributed by atoms with Crippen LogP contribution in [0.25, 0.3) is 0 Å². The van der Waals surface area contributed by atoms with Crippen LogP contribution >= 0.6 is 0 Å². The summed E-state index contributed by atoms with van der Waals surface area (Å²) in [6.07, 6.45) is 0.499. The van der Waals surface area contributed by atoms with Crippen LogP contribution in [0.2, 0.25) is 0 Å². The topological polar surface area (TPSA) is 71.4 Å². The highest BCUT2D eigenvalue weighted by Crippen LogP contribution is 2.19. The predicted octanol–water partition coefficient (Wildman–Crippen LogP) is 1.31. The van der Waals surface area contributed by atoms with Crippen molar-refractivity contribution in [3.63, 3.8) is 0 Å². The van der Waals surface area contributed by atoms with E-state index in [1.54, 1.807) is 0 Å². The fraction of sp³-hybridized carbons (Fsp3) is 0.889. The molecule has 0 bridgehead atoms. The summed E-state index contributed by atoms with van der Waals surface area (Å²) in [7, 11) is -3.55. The SMILES string of the molecule is CC(C)CCS(=O)(=O)C(C)(C)C(=O)O. The third kappa shape index (κ3) is 2.97. The molecule has 0 aromatic carbocycles. The van der Waals surface area contributed by atoms with E-state index in [1.807, 2.05) is 13.8 Å². The molecule has 0 amide bonds. The zero-order chi connectivity index (χ0) is 11.6. The van der Waals surface area contributed by atoms with E-state index in [1.165, 1.54) is 13.8 Å². The molecule has 0 unspecified atom stereocenters. The first-order valence-electron chi connectivity index (χ1n) is 4.57. The molecule has 0 rings (SSSR count). The summed E-state index contributed by atoms with van der Waals surface area (Å²) < 4.78 is 21.6. The van der Waals surface area contributed by atoms with Gasteiger partial charge in [-0.1, -0.05) is 13.8 Å². The molecule has 0 aliphatic heterocycles. The van der Waals surface area contributed by atoms with E-state index in [4.69, 9.17) is 5.11 Å². The maximum atomic E-state index is 11.6. The van der Waals surface area contributed by atoms with Crippen LogP contribution < -0.4 is 0 Å². The Balaban J connectivity index is 4.71. The van der Waals surface area contributed by atoms with Gasteiger partial charge in [-0.3, -0.25) is 4.79 Å². The summed E-state index contributed by atoms with van der Waals surface area (Å²) in [5, 5.41) is 8.76. The number of carboxylic acid groups (broad SMARTS) is 1. The monoisotopic (exact) mass is 222 g/mol. The van der Waals surface area contributed by atoms with Crippen molar-refractivity contribution in [3.05, 3.63) is 0 Å². The van der Waals surface area contributed by atoms with Crippen molar-refractivity contribution in [2.75, 3.05) is 5.75 Å². The van der Waals surface area contributed by atoms with Crippen LogP contribution in [-0.4, -0.2) is 30.0 Å². The molecule has 0 fully saturated rings. The fourth-order valence-electron chi connectivity index (χ4n) is 0.779. The van der Waals surface area contributed by atoms with Gasteiger partial charge in [0, 0.05) is 0 Å². The van der Waals surface area contributed by atoms with E-state index in [9.17, 15) is 13.2 Å². The lowest BCUT2D eigenvalue weighted by Gasteiger charge is -2.20. The van der Waals surface area contributed by atoms with E-state index >= 15 is 0 Å². The van der Waals surface area contributed by atoms with E-state index in [-0.39, 0.29) is 11.7 Å². The summed E-state index contributed by atoms with van der Waals surface area (Å²) in [5.41, 5.74) is 0. The maximum Gasteiger partial charge on any atom is 0.324 e. The first-order chi connectivity index (χ1) is 6.11. The number of aliphatic carboxylic acids is 1. The Labute approximate surface area is 85.2 Å². The number of hydrogen-bond acceptors (Lipinski definition) is 3. The second-order valence-corrected chi connectivity index (χ2v) is 6.98. The van der Waals surface area contributed by atoms with Gasteiger partial charge in [-0.2, -0.15) is 0 Å². The van der Waals surface area contributed by atoms with Gasteiger partial charge in [-0.15, -0.1) is 0 Å². The number of rotatable bonds is 5. The lowest BCUT2D eigenvalue weighted by atomic mass is 10.2. The Morgan fingerprint density at radius 1 is 1.36 bits per heavy atom. The quantitative estimate of drug-likeness (QED) is 0.761. The molecule has 4 nitrogen and oxygen atoms in total. The average Bonchev–Trinajstić information content (AvgIpc) is 2.00. The van der Waals surface area contributed by atoms with E-state index < -0.39 is 20.6 Å².